The first-order valence-corrected chi connectivity index (χ1v) is 6.52. The number of aromatic nitrogens is 1. The van der Waals surface area contributed by atoms with Crippen LogP contribution in [0.2, 0.25) is 0 Å². The molecule has 8 heteroatoms. The van der Waals surface area contributed by atoms with Crippen molar-refractivity contribution < 1.29 is 24.2 Å². The highest BCUT2D eigenvalue weighted by atomic mass is 16.5. The predicted molar refractivity (Wildman–Crippen MR) is 71.8 cm³/mol. The number of carbonyl (C=O) groups excluding carboxylic acids is 2. The summed E-state index contributed by atoms with van der Waals surface area (Å²) in [5, 5.41) is 11.3. The zero-order valence-electron chi connectivity index (χ0n) is 11.6. The van der Waals surface area contributed by atoms with Crippen LogP contribution in [-0.2, 0) is 20.9 Å². The van der Waals surface area contributed by atoms with E-state index in [0.29, 0.717) is 6.61 Å². The van der Waals surface area contributed by atoms with Crippen LogP contribution in [0.4, 0.5) is 0 Å². The number of nitrogens with one attached hydrogen (secondary N) is 1. The van der Waals surface area contributed by atoms with Gasteiger partial charge in [0.15, 0.2) is 0 Å². The lowest BCUT2D eigenvalue weighted by Gasteiger charge is -2.34. The summed E-state index contributed by atoms with van der Waals surface area (Å²) in [5.74, 6) is -1.72. The maximum absolute atomic E-state index is 12.6. The number of carboxylic acid groups (broad SMARTS) is 1. The van der Waals surface area contributed by atoms with Gasteiger partial charge in [-0.3, -0.25) is 14.4 Å². The monoisotopic (exact) mass is 295 g/mol. The van der Waals surface area contributed by atoms with Crippen LogP contribution >= 0.6 is 0 Å². The molecule has 0 aliphatic carbocycles. The zero-order chi connectivity index (χ0) is 15.4. The third-order valence-corrected chi connectivity index (χ3v) is 3.29. The number of amides is 2. The van der Waals surface area contributed by atoms with E-state index in [-0.39, 0.29) is 37.2 Å². The molecule has 0 saturated carbocycles. The van der Waals surface area contributed by atoms with Crippen molar-refractivity contribution in [2.45, 2.75) is 12.6 Å². The average Bonchev–Trinajstić information content (AvgIpc) is 2.93. The van der Waals surface area contributed by atoms with Crippen LogP contribution in [0, 0.1) is 0 Å². The molecular weight excluding hydrogens is 278 g/mol. The number of nitrogens with zero attached hydrogens (tertiary/aromatic N) is 2. The van der Waals surface area contributed by atoms with Gasteiger partial charge in [-0.15, -0.1) is 0 Å². The maximum Gasteiger partial charge on any atom is 0.323 e. The van der Waals surface area contributed by atoms with Crippen molar-refractivity contribution >= 4 is 17.8 Å². The molecule has 1 fully saturated rings. The first-order valence-electron chi connectivity index (χ1n) is 6.52. The van der Waals surface area contributed by atoms with Crippen LogP contribution in [0.5, 0.6) is 0 Å². The minimum atomic E-state index is -1.04. The Balaban J connectivity index is 2.23. The van der Waals surface area contributed by atoms with Crippen LogP contribution in [0.3, 0.4) is 0 Å². The van der Waals surface area contributed by atoms with Gasteiger partial charge in [0.1, 0.15) is 18.3 Å². The van der Waals surface area contributed by atoms with Gasteiger partial charge in [0.05, 0.1) is 13.2 Å². The Bertz CT molecular complexity index is 554. The first-order chi connectivity index (χ1) is 10.0. The van der Waals surface area contributed by atoms with Crippen molar-refractivity contribution in [3.8, 4) is 0 Å². The van der Waals surface area contributed by atoms with Crippen molar-refractivity contribution in [2.75, 3.05) is 26.8 Å². The second-order valence-electron chi connectivity index (χ2n) is 4.62. The lowest BCUT2D eigenvalue weighted by Crippen LogP contribution is -2.55. The highest BCUT2D eigenvalue weighted by Crippen LogP contribution is 2.14. The summed E-state index contributed by atoms with van der Waals surface area (Å²) in [5.41, 5.74) is 0.244. The summed E-state index contributed by atoms with van der Waals surface area (Å²) in [7, 11) is 1.49. The van der Waals surface area contributed by atoms with Gasteiger partial charge in [0.2, 0.25) is 5.91 Å². The third-order valence-electron chi connectivity index (χ3n) is 3.29. The zero-order valence-corrected chi connectivity index (χ0v) is 11.6. The average molecular weight is 295 g/mol. The Kier molecular flexibility index (Phi) is 4.59. The lowest BCUT2D eigenvalue weighted by molar-refractivity contribution is -0.137. The van der Waals surface area contributed by atoms with Crippen molar-refractivity contribution in [2.24, 2.45) is 0 Å². The summed E-state index contributed by atoms with van der Waals surface area (Å²) in [6, 6.07) is 2.44. The Morgan fingerprint density at radius 3 is 2.90 bits per heavy atom. The van der Waals surface area contributed by atoms with E-state index in [0.717, 1.165) is 0 Å². The molecule has 0 spiro atoms. The van der Waals surface area contributed by atoms with Gasteiger partial charge in [-0.05, 0) is 12.1 Å². The Labute approximate surface area is 121 Å². The van der Waals surface area contributed by atoms with Gasteiger partial charge in [0, 0.05) is 19.8 Å². The van der Waals surface area contributed by atoms with Gasteiger partial charge >= 0.3 is 5.97 Å². The molecule has 2 amide bonds. The molecule has 0 radical (unpaired) electrons. The van der Waals surface area contributed by atoms with Gasteiger partial charge in [0.25, 0.3) is 5.91 Å². The second kappa shape index (κ2) is 6.40. The number of carbonyl (C=O) groups is 3. The SMILES string of the molecule is CNC(=O)C1COCCN1C(=O)c1cccn1CC(=O)O. The van der Waals surface area contributed by atoms with E-state index in [2.05, 4.69) is 5.32 Å². The summed E-state index contributed by atoms with van der Waals surface area (Å²) in [6.07, 6.45) is 1.52. The van der Waals surface area contributed by atoms with Crippen molar-refractivity contribution in [3.63, 3.8) is 0 Å². The quantitative estimate of drug-likeness (QED) is 0.754. The molecule has 1 aromatic heterocycles. The summed E-state index contributed by atoms with van der Waals surface area (Å²) >= 11 is 0. The van der Waals surface area contributed by atoms with E-state index < -0.39 is 12.0 Å². The molecule has 2 heterocycles. The fourth-order valence-corrected chi connectivity index (χ4v) is 2.27. The van der Waals surface area contributed by atoms with Crippen molar-refractivity contribution in [1.82, 2.24) is 14.8 Å². The number of likely N-dealkylation sites (N-methyl/N-ethyl adjacent to an activating group) is 1. The Morgan fingerprint density at radius 2 is 2.24 bits per heavy atom. The number of hydrogen-bond acceptors (Lipinski definition) is 4. The molecule has 1 unspecified atom stereocenters. The predicted octanol–water partition coefficient (Wildman–Crippen LogP) is -0.840. The number of hydrogen-bond donors (Lipinski definition) is 2. The minimum absolute atomic E-state index is 0.130. The summed E-state index contributed by atoms with van der Waals surface area (Å²) < 4.78 is 6.59. The van der Waals surface area contributed by atoms with Gasteiger partial charge < -0.3 is 24.6 Å². The molecule has 114 valence electrons. The fourth-order valence-electron chi connectivity index (χ4n) is 2.27. The molecule has 2 rings (SSSR count). The van der Waals surface area contributed by atoms with Crippen LogP contribution in [0.25, 0.3) is 0 Å². The van der Waals surface area contributed by atoms with Gasteiger partial charge in [-0.1, -0.05) is 0 Å². The molecule has 21 heavy (non-hydrogen) atoms. The van der Waals surface area contributed by atoms with Crippen LogP contribution in [0.1, 0.15) is 10.5 Å². The number of ether oxygens (including phenoxy) is 1. The molecule has 1 aliphatic rings. The third kappa shape index (κ3) is 3.22. The largest absolute Gasteiger partial charge is 0.480 e. The van der Waals surface area contributed by atoms with E-state index in [9.17, 15) is 14.4 Å². The van der Waals surface area contributed by atoms with Gasteiger partial charge in [-0.25, -0.2) is 0 Å². The number of carboxylic acids is 1. The van der Waals surface area contributed by atoms with Crippen LogP contribution in [-0.4, -0.2) is 65.2 Å². The first kappa shape index (κ1) is 15.0. The van der Waals surface area contributed by atoms with E-state index in [4.69, 9.17) is 9.84 Å². The highest BCUT2D eigenvalue weighted by molar-refractivity contribution is 5.97. The summed E-state index contributed by atoms with van der Waals surface area (Å²) in [4.78, 5) is 36.6. The standard InChI is InChI=1S/C13H17N3O5/c1-14-12(19)10-8-21-6-5-16(10)13(20)9-3-2-4-15(9)7-11(17)18/h2-4,10H,5-8H2,1H3,(H,14,19)(H,17,18). The molecule has 1 atom stereocenters. The topological polar surface area (TPSA) is 101 Å². The van der Waals surface area contributed by atoms with Gasteiger partial charge in [-0.2, -0.15) is 0 Å². The molecule has 0 bridgehead atoms. The van der Waals surface area contributed by atoms with Crippen LogP contribution in [0.15, 0.2) is 18.3 Å². The molecule has 8 nitrogen and oxygen atoms in total. The number of rotatable bonds is 4. The molecular formula is C13H17N3O5. The van der Waals surface area contributed by atoms with Crippen molar-refractivity contribution in [1.29, 1.82) is 0 Å². The Morgan fingerprint density at radius 1 is 1.48 bits per heavy atom. The highest BCUT2D eigenvalue weighted by Gasteiger charge is 2.33. The second-order valence-corrected chi connectivity index (χ2v) is 4.62. The maximum atomic E-state index is 12.6. The molecule has 2 N–H and O–H groups in total. The lowest BCUT2D eigenvalue weighted by atomic mass is 10.2. The van der Waals surface area contributed by atoms with E-state index in [1.807, 2.05) is 0 Å². The number of morpholine rings is 1. The van der Waals surface area contributed by atoms with Crippen molar-refractivity contribution in [3.05, 3.63) is 24.0 Å². The van der Waals surface area contributed by atoms with E-state index >= 15 is 0 Å². The van der Waals surface area contributed by atoms with Crippen LogP contribution < -0.4 is 5.32 Å². The smallest absolute Gasteiger partial charge is 0.323 e. The van der Waals surface area contributed by atoms with E-state index in [1.165, 1.54) is 22.7 Å². The van der Waals surface area contributed by atoms with E-state index in [1.54, 1.807) is 12.1 Å². The molecule has 0 aromatic carbocycles. The molecule has 1 saturated heterocycles. The minimum Gasteiger partial charge on any atom is -0.480 e. The molecule has 1 aromatic rings. The summed E-state index contributed by atoms with van der Waals surface area (Å²) in [6.45, 7) is 0.460. The number of aliphatic carboxylic acids is 1. The molecule has 1 aliphatic heterocycles. The fraction of sp³-hybridized carbons (Fsp3) is 0.462. The normalized spacial score (nSPS) is 18.3. The Hall–Kier alpha value is -2.35.